The minimum atomic E-state index is -0.940. The summed E-state index contributed by atoms with van der Waals surface area (Å²) in [6, 6.07) is 4.12. The van der Waals surface area contributed by atoms with Gasteiger partial charge in [-0.2, -0.15) is 0 Å². The van der Waals surface area contributed by atoms with Gasteiger partial charge in [-0.25, -0.2) is 0 Å². The van der Waals surface area contributed by atoms with Crippen molar-refractivity contribution >= 4 is 17.5 Å². The molecule has 1 unspecified atom stereocenters. The zero-order valence-corrected chi connectivity index (χ0v) is 17.9. The molecule has 1 atom stereocenters. The first-order valence-electron chi connectivity index (χ1n) is 10.5. The third-order valence-electron chi connectivity index (χ3n) is 5.89. The van der Waals surface area contributed by atoms with Crippen LogP contribution in [0.4, 0.5) is 0 Å². The lowest BCUT2D eigenvalue weighted by atomic mass is 9.93. The Kier molecular flexibility index (Phi) is 7.24. The van der Waals surface area contributed by atoms with Crippen LogP contribution in [0.25, 0.3) is 0 Å². The van der Waals surface area contributed by atoms with E-state index in [1.54, 1.807) is 0 Å². The summed E-state index contributed by atoms with van der Waals surface area (Å²) in [6.45, 7) is 5.75. The maximum atomic E-state index is 12.4. The summed E-state index contributed by atoms with van der Waals surface area (Å²) in [5.74, 6) is 0.793. The van der Waals surface area contributed by atoms with Gasteiger partial charge >= 0.3 is 0 Å². The molecular formula is C22H33ClN2O3. The van der Waals surface area contributed by atoms with Gasteiger partial charge < -0.3 is 15.2 Å². The van der Waals surface area contributed by atoms with Gasteiger partial charge in [-0.1, -0.05) is 30.9 Å². The number of likely N-dealkylation sites (tertiary alicyclic amines) is 1. The minimum Gasteiger partial charge on any atom is -0.491 e. The Hall–Kier alpha value is -1.30. The smallest absolute Gasteiger partial charge is 0.234 e. The highest BCUT2D eigenvalue weighted by molar-refractivity contribution is 6.32. The van der Waals surface area contributed by atoms with Crippen LogP contribution in [0.1, 0.15) is 56.1 Å². The second-order valence-corrected chi connectivity index (χ2v) is 8.98. The number of carbonyl (C=O) groups excluding carboxylic acids is 1. The first-order chi connectivity index (χ1) is 13.3. The van der Waals surface area contributed by atoms with Crippen LogP contribution in [0.3, 0.4) is 0 Å². The Bertz CT molecular complexity index is 667. The summed E-state index contributed by atoms with van der Waals surface area (Å²) in [5, 5.41) is 14.9. The summed E-state index contributed by atoms with van der Waals surface area (Å²) >= 11 is 6.21. The second kappa shape index (κ2) is 9.47. The van der Waals surface area contributed by atoms with E-state index in [9.17, 15) is 9.90 Å². The topological polar surface area (TPSA) is 61.8 Å². The third kappa shape index (κ3) is 5.85. The Morgan fingerprint density at radius 1 is 1.25 bits per heavy atom. The molecule has 3 rings (SSSR count). The van der Waals surface area contributed by atoms with E-state index in [0.29, 0.717) is 25.6 Å². The molecule has 1 saturated heterocycles. The van der Waals surface area contributed by atoms with E-state index in [4.69, 9.17) is 16.3 Å². The van der Waals surface area contributed by atoms with Crippen molar-refractivity contribution < 1.29 is 14.6 Å². The number of nitrogens with one attached hydrogen (secondary N) is 1. The quantitative estimate of drug-likeness (QED) is 0.754. The number of benzene rings is 1. The van der Waals surface area contributed by atoms with Gasteiger partial charge in [0.05, 0.1) is 6.54 Å². The van der Waals surface area contributed by atoms with E-state index in [2.05, 4.69) is 5.32 Å². The molecule has 2 fully saturated rings. The van der Waals surface area contributed by atoms with Gasteiger partial charge in [0.15, 0.2) is 0 Å². The SMILES string of the molecule is Cc1cc(OCC2(O)CCCN(CC(=O)NC3CCCCC3)C2)cc(C)c1Cl. The van der Waals surface area contributed by atoms with Gasteiger partial charge in [-0.05, 0) is 69.3 Å². The van der Waals surface area contributed by atoms with Crippen LogP contribution in [-0.2, 0) is 4.79 Å². The van der Waals surface area contributed by atoms with E-state index in [-0.39, 0.29) is 12.5 Å². The van der Waals surface area contributed by atoms with E-state index in [0.717, 1.165) is 47.7 Å². The van der Waals surface area contributed by atoms with Crippen LogP contribution < -0.4 is 10.1 Å². The summed E-state index contributed by atoms with van der Waals surface area (Å²) in [7, 11) is 0. The lowest BCUT2D eigenvalue weighted by molar-refractivity contribution is -0.125. The van der Waals surface area contributed by atoms with Crippen molar-refractivity contribution in [3.8, 4) is 5.75 Å². The van der Waals surface area contributed by atoms with Crippen molar-refractivity contribution in [2.75, 3.05) is 26.2 Å². The molecule has 0 radical (unpaired) electrons. The second-order valence-electron chi connectivity index (χ2n) is 8.60. The highest BCUT2D eigenvalue weighted by atomic mass is 35.5. The molecule has 0 bridgehead atoms. The number of aryl methyl sites for hydroxylation is 2. The molecule has 28 heavy (non-hydrogen) atoms. The number of β-amino-alcohol motifs (C(OH)–C–C–N with tert-alkyl or cyclic N) is 1. The molecule has 2 N–H and O–H groups in total. The van der Waals surface area contributed by atoms with Crippen LogP contribution in [0.2, 0.25) is 5.02 Å². The van der Waals surface area contributed by atoms with Crippen molar-refractivity contribution in [2.24, 2.45) is 0 Å². The number of hydrogen-bond acceptors (Lipinski definition) is 4. The van der Waals surface area contributed by atoms with Gasteiger partial charge in [-0.3, -0.25) is 9.69 Å². The molecule has 1 heterocycles. The molecule has 156 valence electrons. The standard InChI is InChI=1S/C22H33ClN2O3/c1-16-11-19(12-17(2)21(16)23)28-15-22(27)9-6-10-25(14-22)13-20(26)24-18-7-4-3-5-8-18/h11-12,18,27H,3-10,13-15H2,1-2H3,(H,24,26). The van der Waals surface area contributed by atoms with Gasteiger partial charge in [0.2, 0.25) is 5.91 Å². The fourth-order valence-corrected chi connectivity index (χ4v) is 4.50. The Morgan fingerprint density at radius 3 is 2.61 bits per heavy atom. The van der Waals surface area contributed by atoms with Crippen molar-refractivity contribution in [1.29, 1.82) is 0 Å². The molecule has 0 spiro atoms. The number of ether oxygens (including phenoxy) is 1. The molecule has 1 amide bonds. The summed E-state index contributed by atoms with van der Waals surface area (Å²) in [5.41, 5.74) is 0.992. The average Bonchev–Trinajstić information content (AvgIpc) is 2.65. The van der Waals surface area contributed by atoms with Crippen molar-refractivity contribution in [1.82, 2.24) is 10.2 Å². The van der Waals surface area contributed by atoms with Gasteiger partial charge in [-0.15, -0.1) is 0 Å². The predicted molar refractivity (Wildman–Crippen MR) is 112 cm³/mol. The highest BCUT2D eigenvalue weighted by Gasteiger charge is 2.35. The molecule has 1 saturated carbocycles. The number of hydrogen-bond donors (Lipinski definition) is 2. The fourth-order valence-electron chi connectivity index (χ4n) is 4.39. The molecule has 5 nitrogen and oxygen atoms in total. The van der Waals surface area contributed by atoms with Crippen LogP contribution in [0.5, 0.6) is 5.75 Å². The first-order valence-corrected chi connectivity index (χ1v) is 10.9. The molecule has 1 aromatic carbocycles. The molecule has 1 aliphatic carbocycles. The summed E-state index contributed by atoms with van der Waals surface area (Å²) in [6.07, 6.45) is 7.39. The van der Waals surface area contributed by atoms with E-state index in [1.807, 2.05) is 30.9 Å². The van der Waals surface area contributed by atoms with Gasteiger partial charge in [0, 0.05) is 17.6 Å². The highest BCUT2D eigenvalue weighted by Crippen LogP contribution is 2.28. The van der Waals surface area contributed by atoms with Gasteiger partial charge in [0.1, 0.15) is 18.0 Å². The summed E-state index contributed by atoms with van der Waals surface area (Å²) in [4.78, 5) is 14.4. The molecular weight excluding hydrogens is 376 g/mol. The van der Waals surface area contributed by atoms with Gasteiger partial charge in [0.25, 0.3) is 0 Å². The van der Waals surface area contributed by atoms with Crippen LogP contribution in [0.15, 0.2) is 12.1 Å². The van der Waals surface area contributed by atoms with Crippen LogP contribution >= 0.6 is 11.6 Å². The zero-order valence-electron chi connectivity index (χ0n) is 17.1. The van der Waals surface area contributed by atoms with Crippen molar-refractivity contribution in [2.45, 2.75) is 70.4 Å². The lowest BCUT2D eigenvalue weighted by Gasteiger charge is -2.38. The average molecular weight is 409 g/mol. The maximum absolute atomic E-state index is 12.4. The molecule has 1 aliphatic heterocycles. The number of nitrogens with zero attached hydrogens (tertiary/aromatic N) is 1. The first kappa shape index (κ1) is 21.4. The van der Waals surface area contributed by atoms with Crippen molar-refractivity contribution in [3.63, 3.8) is 0 Å². The predicted octanol–water partition coefficient (Wildman–Crippen LogP) is 3.61. The monoisotopic (exact) mass is 408 g/mol. The van der Waals surface area contributed by atoms with E-state index in [1.165, 1.54) is 19.3 Å². The largest absolute Gasteiger partial charge is 0.491 e. The van der Waals surface area contributed by atoms with E-state index < -0.39 is 5.60 Å². The minimum absolute atomic E-state index is 0.0704. The normalized spacial score (nSPS) is 24.1. The maximum Gasteiger partial charge on any atom is 0.234 e. The number of piperidine rings is 1. The number of rotatable bonds is 6. The molecule has 0 aromatic heterocycles. The third-order valence-corrected chi connectivity index (χ3v) is 6.49. The Labute approximate surface area is 173 Å². The number of aliphatic hydroxyl groups is 1. The number of amides is 1. The summed E-state index contributed by atoms with van der Waals surface area (Å²) < 4.78 is 5.90. The molecule has 6 heteroatoms. The van der Waals surface area contributed by atoms with E-state index >= 15 is 0 Å². The molecule has 1 aromatic rings. The Morgan fingerprint density at radius 2 is 1.93 bits per heavy atom. The van der Waals surface area contributed by atoms with Crippen LogP contribution in [-0.4, -0.2) is 53.8 Å². The lowest BCUT2D eigenvalue weighted by Crippen LogP contribution is -2.54. The molecule has 2 aliphatic rings. The van der Waals surface area contributed by atoms with Crippen molar-refractivity contribution in [3.05, 3.63) is 28.3 Å². The Balaban J connectivity index is 1.50. The van der Waals surface area contributed by atoms with Crippen LogP contribution in [0, 0.1) is 13.8 Å². The fraction of sp³-hybridized carbons (Fsp3) is 0.682. The number of carbonyl (C=O) groups is 1. The zero-order chi connectivity index (χ0) is 20.1. The number of halogens is 1.